The van der Waals surface area contributed by atoms with Crippen molar-refractivity contribution in [1.82, 2.24) is 5.43 Å². The highest BCUT2D eigenvalue weighted by atomic mass is 16.4. The quantitative estimate of drug-likeness (QED) is 0.241. The van der Waals surface area contributed by atoms with Crippen molar-refractivity contribution in [3.8, 4) is 0 Å². The third kappa shape index (κ3) is 2.20. The zero-order chi connectivity index (χ0) is 7.44. The topological polar surface area (TPSA) is 92.4 Å². The Bertz CT molecular complexity index is 134. The smallest absolute Gasteiger partial charge is 0.373 e. The molecule has 4 N–H and O–H groups in total. The van der Waals surface area contributed by atoms with Gasteiger partial charge in [-0.1, -0.05) is 0 Å². The monoisotopic (exact) mass is 131 g/mol. The van der Waals surface area contributed by atoms with Gasteiger partial charge in [0.1, 0.15) is 0 Å². The van der Waals surface area contributed by atoms with Gasteiger partial charge in [0.2, 0.25) is 0 Å². The molecule has 0 saturated carbocycles. The van der Waals surface area contributed by atoms with Gasteiger partial charge in [-0.25, -0.2) is 10.2 Å². The Morgan fingerprint density at radius 2 is 2.11 bits per heavy atom. The van der Waals surface area contributed by atoms with E-state index in [-0.39, 0.29) is 0 Å². The van der Waals surface area contributed by atoms with Crippen molar-refractivity contribution in [2.24, 2.45) is 5.84 Å². The van der Waals surface area contributed by atoms with E-state index in [1.165, 1.54) is 0 Å². The van der Waals surface area contributed by atoms with E-state index < -0.39 is 17.8 Å². The molecule has 0 aromatic heterocycles. The average molecular weight is 131 g/mol. The second-order valence-electron chi connectivity index (χ2n) is 1.39. The van der Waals surface area contributed by atoms with Crippen LogP contribution in [0.2, 0.25) is 0 Å². The van der Waals surface area contributed by atoms with Crippen molar-refractivity contribution in [2.45, 2.75) is 6.04 Å². The fraction of sp³-hybridized carbons (Fsp3) is 0.250. The van der Waals surface area contributed by atoms with Gasteiger partial charge in [0.15, 0.2) is 0 Å². The van der Waals surface area contributed by atoms with Crippen LogP contribution in [0.25, 0.3) is 0 Å². The van der Waals surface area contributed by atoms with Crippen LogP contribution in [-0.4, -0.2) is 22.9 Å². The van der Waals surface area contributed by atoms with Crippen LogP contribution in [0.5, 0.6) is 0 Å². The van der Waals surface area contributed by atoms with Crippen LogP contribution < -0.4 is 11.3 Å². The highest BCUT2D eigenvalue weighted by Gasteiger charge is 2.18. The van der Waals surface area contributed by atoms with Gasteiger partial charge in [0, 0.05) is 0 Å². The number of hydrogen-bond acceptors (Lipinski definition) is 4. The number of carbonyl (C=O) groups is 2. The summed E-state index contributed by atoms with van der Waals surface area (Å²) >= 11 is 0. The van der Waals surface area contributed by atoms with Gasteiger partial charge in [0.25, 0.3) is 5.78 Å². The molecule has 5 heteroatoms. The first-order chi connectivity index (χ1) is 4.09. The number of nitrogens with two attached hydrogens (primary N) is 1. The summed E-state index contributed by atoms with van der Waals surface area (Å²) in [5, 5.41) is 8.00. The molecule has 5 nitrogen and oxygen atoms in total. The molecule has 0 fully saturated rings. The maximum atomic E-state index is 10.3. The minimum atomic E-state index is -1.53. The minimum Gasteiger partial charge on any atom is -0.475 e. The number of Topliss-reactive ketones (excluding diaryl/α,β-unsaturated/α-hetero) is 1. The van der Waals surface area contributed by atoms with E-state index in [0.29, 0.717) is 0 Å². The molecule has 0 amide bonds. The molecular formula is C4H7N2O3. The number of carboxylic acids is 1. The first-order valence-corrected chi connectivity index (χ1v) is 2.16. The summed E-state index contributed by atoms with van der Waals surface area (Å²) < 4.78 is 0. The fourth-order valence-corrected chi connectivity index (χ4v) is 0.225. The Morgan fingerprint density at radius 3 is 2.22 bits per heavy atom. The van der Waals surface area contributed by atoms with Crippen LogP contribution in [0.1, 0.15) is 0 Å². The van der Waals surface area contributed by atoms with Gasteiger partial charge in [-0.15, -0.1) is 0 Å². The number of aliphatic carboxylic acids is 1. The molecule has 0 aliphatic carbocycles. The van der Waals surface area contributed by atoms with Gasteiger partial charge < -0.3 is 5.11 Å². The molecule has 0 aliphatic rings. The summed E-state index contributed by atoms with van der Waals surface area (Å²) in [5.74, 6) is 2.14. The number of ketones is 1. The third-order valence-corrected chi connectivity index (χ3v) is 0.728. The van der Waals surface area contributed by atoms with Crippen molar-refractivity contribution in [1.29, 1.82) is 0 Å². The molecule has 0 bridgehead atoms. The van der Waals surface area contributed by atoms with E-state index in [1.807, 2.05) is 5.43 Å². The van der Waals surface area contributed by atoms with Crippen molar-refractivity contribution in [3.05, 3.63) is 6.92 Å². The first-order valence-electron chi connectivity index (χ1n) is 2.16. The number of hydrazine groups is 1. The van der Waals surface area contributed by atoms with Gasteiger partial charge in [0.05, 0.1) is 6.04 Å². The molecule has 0 rings (SSSR count). The molecule has 0 aromatic rings. The zero-order valence-corrected chi connectivity index (χ0v) is 4.63. The molecule has 1 atom stereocenters. The molecule has 0 saturated heterocycles. The number of carbonyl (C=O) groups excluding carboxylic acids is 1. The van der Waals surface area contributed by atoms with E-state index in [0.717, 1.165) is 0 Å². The molecule has 1 radical (unpaired) electrons. The SMILES string of the molecule is [CH2]C(NN)C(=O)C(=O)O. The largest absolute Gasteiger partial charge is 0.475 e. The Balaban J connectivity index is 3.88. The van der Waals surface area contributed by atoms with Crippen LogP contribution in [0.15, 0.2) is 0 Å². The predicted molar refractivity (Wildman–Crippen MR) is 29.1 cm³/mol. The van der Waals surface area contributed by atoms with E-state index in [1.54, 1.807) is 0 Å². The van der Waals surface area contributed by atoms with Gasteiger partial charge in [-0.3, -0.25) is 10.6 Å². The summed E-state index contributed by atoms with van der Waals surface area (Å²) in [6, 6.07) is -1.07. The lowest BCUT2D eigenvalue weighted by atomic mass is 10.2. The highest BCUT2D eigenvalue weighted by molar-refractivity contribution is 6.35. The maximum absolute atomic E-state index is 10.3. The summed E-state index contributed by atoms with van der Waals surface area (Å²) in [6.45, 7) is 3.11. The van der Waals surface area contributed by atoms with Gasteiger partial charge in [-0.2, -0.15) is 0 Å². The van der Waals surface area contributed by atoms with E-state index in [2.05, 4.69) is 6.92 Å². The lowest BCUT2D eigenvalue weighted by Crippen LogP contribution is -2.42. The van der Waals surface area contributed by atoms with Gasteiger partial charge >= 0.3 is 5.97 Å². The Labute approximate surface area is 51.8 Å². The molecule has 0 aliphatic heterocycles. The van der Waals surface area contributed by atoms with E-state index >= 15 is 0 Å². The maximum Gasteiger partial charge on any atom is 0.373 e. The number of carboxylic acid groups (broad SMARTS) is 1. The summed E-state index contributed by atoms with van der Waals surface area (Å²) in [7, 11) is 0. The standard InChI is InChI=1S/C4H7N2O3/c1-2(6-5)3(7)4(8)9/h2,6H,1,5H2,(H,8,9). The Hall–Kier alpha value is -0.940. The van der Waals surface area contributed by atoms with Crippen molar-refractivity contribution in [2.75, 3.05) is 0 Å². The lowest BCUT2D eigenvalue weighted by molar-refractivity contribution is -0.149. The molecule has 0 aromatic carbocycles. The minimum absolute atomic E-state index is 1.04. The number of rotatable bonds is 3. The van der Waals surface area contributed by atoms with E-state index in [4.69, 9.17) is 10.9 Å². The number of nitrogens with one attached hydrogen (secondary N) is 1. The molecular weight excluding hydrogens is 124 g/mol. The number of hydrogen-bond donors (Lipinski definition) is 3. The first kappa shape index (κ1) is 8.06. The predicted octanol–water partition coefficient (Wildman–Crippen LogP) is -1.69. The summed E-state index contributed by atoms with van der Waals surface area (Å²) in [6.07, 6.45) is 0. The van der Waals surface area contributed by atoms with Crippen LogP contribution >= 0.6 is 0 Å². The second kappa shape index (κ2) is 3.16. The molecule has 9 heavy (non-hydrogen) atoms. The molecule has 1 unspecified atom stereocenters. The summed E-state index contributed by atoms with van der Waals surface area (Å²) in [5.41, 5.74) is 1.90. The zero-order valence-electron chi connectivity index (χ0n) is 4.63. The molecule has 51 valence electrons. The fourth-order valence-electron chi connectivity index (χ4n) is 0.225. The normalized spacial score (nSPS) is 12.7. The van der Waals surface area contributed by atoms with Crippen molar-refractivity contribution < 1.29 is 14.7 Å². The molecule has 0 heterocycles. The van der Waals surface area contributed by atoms with Crippen LogP contribution in [0, 0.1) is 6.92 Å². The highest BCUT2D eigenvalue weighted by Crippen LogP contribution is 1.79. The Morgan fingerprint density at radius 1 is 1.67 bits per heavy atom. The van der Waals surface area contributed by atoms with Crippen LogP contribution in [0.3, 0.4) is 0 Å². The summed E-state index contributed by atoms with van der Waals surface area (Å²) in [4.78, 5) is 20.1. The van der Waals surface area contributed by atoms with Gasteiger partial charge in [-0.05, 0) is 6.92 Å². The van der Waals surface area contributed by atoms with Crippen molar-refractivity contribution in [3.63, 3.8) is 0 Å². The molecule has 0 spiro atoms. The van der Waals surface area contributed by atoms with Crippen LogP contribution in [0.4, 0.5) is 0 Å². The van der Waals surface area contributed by atoms with Crippen molar-refractivity contribution >= 4 is 11.8 Å². The second-order valence-corrected chi connectivity index (χ2v) is 1.39. The third-order valence-electron chi connectivity index (χ3n) is 0.728. The average Bonchev–Trinajstić information content (AvgIpc) is 1.84. The Kier molecular flexibility index (Phi) is 2.83. The van der Waals surface area contributed by atoms with E-state index in [9.17, 15) is 9.59 Å². The lowest BCUT2D eigenvalue weighted by Gasteiger charge is -2.02. The van der Waals surface area contributed by atoms with Crippen LogP contribution in [-0.2, 0) is 9.59 Å².